The first kappa shape index (κ1) is 16.4. The monoisotopic (exact) mass is 386 g/mol. The fraction of sp³-hybridized carbons (Fsp3) is 0.316. The third kappa shape index (κ3) is 2.71. The number of hydrogen-bond acceptors (Lipinski definition) is 5. The van der Waals surface area contributed by atoms with Crippen molar-refractivity contribution < 1.29 is 22.7 Å². The molecule has 1 amide bonds. The van der Waals surface area contributed by atoms with Crippen LogP contribution in [0.2, 0.25) is 0 Å². The zero-order valence-electron chi connectivity index (χ0n) is 14.5. The van der Waals surface area contributed by atoms with E-state index in [4.69, 9.17) is 9.47 Å². The lowest BCUT2D eigenvalue weighted by molar-refractivity contribution is -0.117. The van der Waals surface area contributed by atoms with Crippen LogP contribution in [-0.4, -0.2) is 34.1 Å². The molecule has 0 unspecified atom stereocenters. The van der Waals surface area contributed by atoms with Gasteiger partial charge in [0, 0.05) is 18.3 Å². The molecule has 5 rings (SSSR count). The van der Waals surface area contributed by atoms with Crippen molar-refractivity contribution >= 4 is 27.3 Å². The summed E-state index contributed by atoms with van der Waals surface area (Å²) in [6.07, 6.45) is 2.05. The Hall–Kier alpha value is -2.74. The van der Waals surface area contributed by atoms with Gasteiger partial charge in [-0.15, -0.1) is 0 Å². The highest BCUT2D eigenvalue weighted by Crippen LogP contribution is 2.39. The van der Waals surface area contributed by atoms with Crippen molar-refractivity contribution in [2.75, 3.05) is 29.4 Å². The van der Waals surface area contributed by atoms with E-state index in [0.29, 0.717) is 36.8 Å². The second kappa shape index (κ2) is 5.88. The highest BCUT2D eigenvalue weighted by atomic mass is 32.2. The summed E-state index contributed by atoms with van der Waals surface area (Å²) in [6, 6.07) is 8.17. The van der Waals surface area contributed by atoms with E-state index in [1.165, 1.54) is 12.1 Å². The molecule has 140 valence electrons. The van der Waals surface area contributed by atoms with Crippen LogP contribution in [0.1, 0.15) is 17.5 Å². The Morgan fingerprint density at radius 2 is 1.78 bits per heavy atom. The molecule has 0 spiro atoms. The number of fused-ring (bicyclic) bond motifs is 1. The molecule has 3 aliphatic heterocycles. The number of nitrogens with zero attached hydrogens (tertiary/aromatic N) is 1. The summed E-state index contributed by atoms with van der Waals surface area (Å²) >= 11 is 0. The number of ether oxygens (including phenoxy) is 2. The molecule has 7 nitrogen and oxygen atoms in total. The minimum atomic E-state index is -3.78. The molecular weight excluding hydrogens is 368 g/mol. The van der Waals surface area contributed by atoms with Crippen LogP contribution in [0.4, 0.5) is 11.4 Å². The minimum absolute atomic E-state index is 0.0813. The van der Waals surface area contributed by atoms with Gasteiger partial charge in [-0.1, -0.05) is 0 Å². The lowest BCUT2D eigenvalue weighted by atomic mass is 9.99. The van der Waals surface area contributed by atoms with Gasteiger partial charge >= 0.3 is 0 Å². The van der Waals surface area contributed by atoms with E-state index in [1.54, 1.807) is 12.1 Å². The topological polar surface area (TPSA) is 84.9 Å². The Morgan fingerprint density at radius 3 is 2.63 bits per heavy atom. The van der Waals surface area contributed by atoms with E-state index in [9.17, 15) is 13.2 Å². The zero-order valence-corrected chi connectivity index (χ0v) is 15.3. The maximum atomic E-state index is 12.8. The number of nitrogens with one attached hydrogen (secondary N) is 1. The molecule has 27 heavy (non-hydrogen) atoms. The second-order valence-electron chi connectivity index (χ2n) is 6.88. The molecule has 3 heterocycles. The Balaban J connectivity index is 1.49. The molecule has 0 aromatic heterocycles. The predicted octanol–water partition coefficient (Wildman–Crippen LogP) is 2.09. The summed E-state index contributed by atoms with van der Waals surface area (Å²) in [4.78, 5) is 14.1. The largest absolute Gasteiger partial charge is 0.486 e. The zero-order chi connectivity index (χ0) is 18.6. The fourth-order valence-electron chi connectivity index (χ4n) is 3.94. The fourth-order valence-corrected chi connectivity index (χ4v) is 5.00. The standard InChI is InChI=1S/C19H18N2O5S/c22-18-10-13-9-14(8-12-2-1-5-21(18)19(12)13)20-27(23,24)15-3-4-16-17(11-15)26-7-6-25-16/h3-4,8-9,11,20H,1-2,5-7,10H2. The van der Waals surface area contributed by atoms with Gasteiger partial charge < -0.3 is 14.4 Å². The van der Waals surface area contributed by atoms with Gasteiger partial charge in [-0.2, -0.15) is 0 Å². The maximum Gasteiger partial charge on any atom is 0.262 e. The van der Waals surface area contributed by atoms with Crippen LogP contribution in [0.15, 0.2) is 35.2 Å². The first-order chi connectivity index (χ1) is 13.0. The molecular formula is C19H18N2O5S. The average Bonchev–Trinajstić information content (AvgIpc) is 2.98. The SMILES string of the molecule is O=C1Cc2cc(NS(=O)(=O)c3ccc4c(c3)OCCO4)cc3c2N1CCC3. The smallest absolute Gasteiger partial charge is 0.262 e. The van der Waals surface area contributed by atoms with Crippen LogP contribution in [0, 0.1) is 0 Å². The quantitative estimate of drug-likeness (QED) is 0.873. The van der Waals surface area contributed by atoms with E-state index in [1.807, 2.05) is 11.0 Å². The van der Waals surface area contributed by atoms with Crippen molar-refractivity contribution in [3.05, 3.63) is 41.5 Å². The van der Waals surface area contributed by atoms with Crippen molar-refractivity contribution in [1.29, 1.82) is 0 Å². The average molecular weight is 386 g/mol. The molecule has 2 aromatic carbocycles. The normalized spacial score (nSPS) is 17.6. The van der Waals surface area contributed by atoms with Crippen LogP contribution in [-0.2, 0) is 27.7 Å². The molecule has 0 bridgehead atoms. The Kier molecular flexibility index (Phi) is 3.58. The number of benzene rings is 2. The van der Waals surface area contributed by atoms with Crippen LogP contribution in [0.25, 0.3) is 0 Å². The Bertz CT molecular complexity index is 1060. The van der Waals surface area contributed by atoms with E-state index in [2.05, 4.69) is 4.72 Å². The van der Waals surface area contributed by atoms with E-state index in [0.717, 1.165) is 36.2 Å². The first-order valence-electron chi connectivity index (χ1n) is 8.90. The van der Waals surface area contributed by atoms with Crippen LogP contribution in [0.5, 0.6) is 11.5 Å². The Labute approximate surface area is 156 Å². The number of amides is 1. The summed E-state index contributed by atoms with van der Waals surface area (Å²) in [7, 11) is -3.78. The van der Waals surface area contributed by atoms with E-state index >= 15 is 0 Å². The summed E-state index contributed by atoms with van der Waals surface area (Å²) < 4.78 is 39.3. The minimum Gasteiger partial charge on any atom is -0.486 e. The number of rotatable bonds is 3. The lowest BCUT2D eigenvalue weighted by Gasteiger charge is -2.26. The summed E-state index contributed by atoms with van der Waals surface area (Å²) in [5.74, 6) is 1.05. The van der Waals surface area contributed by atoms with Crippen molar-refractivity contribution in [2.24, 2.45) is 0 Å². The van der Waals surface area contributed by atoms with Crippen LogP contribution < -0.4 is 19.1 Å². The summed E-state index contributed by atoms with van der Waals surface area (Å²) in [5, 5.41) is 0. The van der Waals surface area contributed by atoms with Crippen LogP contribution >= 0.6 is 0 Å². The van der Waals surface area contributed by atoms with Crippen molar-refractivity contribution in [2.45, 2.75) is 24.2 Å². The molecule has 1 N–H and O–H groups in total. The lowest BCUT2D eigenvalue weighted by Crippen LogP contribution is -2.31. The molecule has 0 fully saturated rings. The van der Waals surface area contributed by atoms with Crippen molar-refractivity contribution in [3.8, 4) is 11.5 Å². The third-order valence-corrected chi connectivity index (χ3v) is 6.46. The van der Waals surface area contributed by atoms with Crippen molar-refractivity contribution in [3.63, 3.8) is 0 Å². The van der Waals surface area contributed by atoms with Gasteiger partial charge in [0.15, 0.2) is 11.5 Å². The van der Waals surface area contributed by atoms with E-state index < -0.39 is 10.0 Å². The van der Waals surface area contributed by atoms with Gasteiger partial charge in [-0.3, -0.25) is 9.52 Å². The van der Waals surface area contributed by atoms with Gasteiger partial charge in [0.1, 0.15) is 13.2 Å². The number of carbonyl (C=O) groups is 1. The molecule has 0 saturated carbocycles. The van der Waals surface area contributed by atoms with Crippen molar-refractivity contribution in [1.82, 2.24) is 0 Å². The van der Waals surface area contributed by atoms with Gasteiger partial charge in [-0.05, 0) is 48.2 Å². The number of aryl methyl sites for hydroxylation is 1. The third-order valence-electron chi connectivity index (χ3n) is 5.08. The van der Waals surface area contributed by atoms with E-state index in [-0.39, 0.29) is 10.8 Å². The summed E-state index contributed by atoms with van der Waals surface area (Å²) in [5.41, 5.74) is 3.35. The van der Waals surface area contributed by atoms with Gasteiger partial charge in [0.05, 0.1) is 17.0 Å². The predicted molar refractivity (Wildman–Crippen MR) is 99.1 cm³/mol. The number of sulfonamides is 1. The molecule has 3 aliphatic rings. The number of carbonyl (C=O) groups excluding carboxylic acids is 1. The van der Waals surface area contributed by atoms with Gasteiger partial charge in [-0.25, -0.2) is 8.42 Å². The molecule has 0 aliphatic carbocycles. The highest BCUT2D eigenvalue weighted by molar-refractivity contribution is 7.92. The summed E-state index contributed by atoms with van der Waals surface area (Å²) in [6.45, 7) is 1.58. The molecule has 0 saturated heterocycles. The van der Waals surface area contributed by atoms with Gasteiger partial charge in [0.2, 0.25) is 5.91 Å². The number of hydrogen-bond donors (Lipinski definition) is 1. The molecule has 0 radical (unpaired) electrons. The molecule has 8 heteroatoms. The Morgan fingerprint density at radius 1 is 1.00 bits per heavy atom. The highest BCUT2D eigenvalue weighted by Gasteiger charge is 2.32. The molecule has 2 aromatic rings. The maximum absolute atomic E-state index is 12.8. The van der Waals surface area contributed by atoms with Gasteiger partial charge in [0.25, 0.3) is 10.0 Å². The van der Waals surface area contributed by atoms with Crippen LogP contribution in [0.3, 0.4) is 0 Å². The number of anilines is 2. The molecule has 0 atom stereocenters. The second-order valence-corrected chi connectivity index (χ2v) is 8.56. The first-order valence-corrected chi connectivity index (χ1v) is 10.4.